The van der Waals surface area contributed by atoms with Crippen molar-refractivity contribution >= 4 is 5.69 Å². The van der Waals surface area contributed by atoms with Gasteiger partial charge in [-0.05, 0) is 62.6 Å². The lowest BCUT2D eigenvalue weighted by Gasteiger charge is -2.22. The zero-order chi connectivity index (χ0) is 24.6. The van der Waals surface area contributed by atoms with Crippen LogP contribution in [0.15, 0.2) is 41.2 Å². The molecule has 0 amide bonds. The lowest BCUT2D eigenvalue weighted by molar-refractivity contribution is -0.137. The van der Waals surface area contributed by atoms with Gasteiger partial charge in [-0.2, -0.15) is 23.0 Å². The molecule has 0 spiro atoms. The number of hydrogen-bond acceptors (Lipinski definition) is 5. The maximum Gasteiger partial charge on any atom is 0.418 e. The van der Waals surface area contributed by atoms with E-state index in [-0.39, 0.29) is 5.69 Å². The predicted octanol–water partition coefficient (Wildman–Crippen LogP) is 5.15. The van der Waals surface area contributed by atoms with Gasteiger partial charge < -0.3 is 14.4 Å². The molecule has 0 radical (unpaired) electrons. The molecule has 0 saturated carbocycles. The average molecular weight is 473 g/mol. The summed E-state index contributed by atoms with van der Waals surface area (Å²) in [6.45, 7) is 4.83. The Labute approximate surface area is 195 Å². The minimum absolute atomic E-state index is 0.291. The Morgan fingerprint density at radius 3 is 2.09 bits per heavy atom. The second kappa shape index (κ2) is 9.04. The third kappa shape index (κ3) is 4.34. The first-order valence-electron chi connectivity index (χ1n) is 10.9. The molecule has 0 N–H and O–H groups in total. The van der Waals surface area contributed by atoms with Gasteiger partial charge in [-0.25, -0.2) is 0 Å². The number of rotatable bonds is 5. The molecule has 1 aromatic heterocycles. The number of hydrogen-bond donors (Lipinski definition) is 0. The Kier molecular flexibility index (Phi) is 6.29. The van der Waals surface area contributed by atoms with Gasteiger partial charge in [-0.15, -0.1) is 0 Å². The Balaban J connectivity index is 1.98. The van der Waals surface area contributed by atoms with E-state index in [1.807, 2.05) is 4.90 Å². The van der Waals surface area contributed by atoms with Crippen molar-refractivity contribution in [1.82, 2.24) is 9.78 Å². The van der Waals surface area contributed by atoms with Gasteiger partial charge in [0.25, 0.3) is 5.56 Å². The van der Waals surface area contributed by atoms with Crippen molar-refractivity contribution in [2.24, 2.45) is 0 Å². The molecule has 34 heavy (non-hydrogen) atoms. The van der Waals surface area contributed by atoms with Crippen molar-refractivity contribution in [3.8, 4) is 28.4 Å². The molecule has 1 fully saturated rings. The summed E-state index contributed by atoms with van der Waals surface area (Å²) < 4.78 is 53.5. The van der Waals surface area contributed by atoms with Crippen LogP contribution in [0.1, 0.15) is 29.5 Å². The molecular weight excluding hydrogens is 447 g/mol. The molecule has 1 aliphatic rings. The van der Waals surface area contributed by atoms with Crippen LogP contribution in [-0.2, 0) is 6.18 Å². The molecule has 180 valence electrons. The Morgan fingerprint density at radius 1 is 0.912 bits per heavy atom. The molecule has 2 heterocycles. The van der Waals surface area contributed by atoms with E-state index < -0.39 is 17.3 Å². The van der Waals surface area contributed by atoms with E-state index in [2.05, 4.69) is 5.10 Å². The number of anilines is 1. The number of ether oxygens (including phenoxy) is 2. The fourth-order valence-electron chi connectivity index (χ4n) is 4.21. The van der Waals surface area contributed by atoms with E-state index in [1.54, 1.807) is 32.0 Å². The number of halogens is 3. The molecule has 0 atom stereocenters. The molecule has 1 aliphatic heterocycles. The number of methoxy groups -OCH3 is 2. The summed E-state index contributed by atoms with van der Waals surface area (Å²) >= 11 is 0. The Bertz CT molecular complexity index is 1260. The third-order valence-corrected chi connectivity index (χ3v) is 6.24. The van der Waals surface area contributed by atoms with E-state index in [1.165, 1.54) is 26.4 Å². The predicted molar refractivity (Wildman–Crippen MR) is 124 cm³/mol. The summed E-state index contributed by atoms with van der Waals surface area (Å²) in [7, 11) is 3.01. The van der Waals surface area contributed by atoms with E-state index in [0.717, 1.165) is 36.7 Å². The topological polar surface area (TPSA) is 56.6 Å². The van der Waals surface area contributed by atoms with Crippen molar-refractivity contribution in [2.45, 2.75) is 32.9 Å². The summed E-state index contributed by atoms with van der Waals surface area (Å²) in [6, 6.07) is 8.99. The minimum Gasteiger partial charge on any atom is -0.497 e. The van der Waals surface area contributed by atoms with Gasteiger partial charge in [-0.3, -0.25) is 4.79 Å². The van der Waals surface area contributed by atoms with Crippen LogP contribution in [0.25, 0.3) is 16.9 Å². The molecule has 4 rings (SSSR count). The maximum atomic E-state index is 14.0. The second-order valence-corrected chi connectivity index (χ2v) is 8.31. The maximum absolute atomic E-state index is 14.0. The number of alkyl halides is 3. The summed E-state index contributed by atoms with van der Waals surface area (Å²) in [4.78, 5) is 15.2. The SMILES string of the molecule is COc1cc(OC)cc(-c2nn(-c3cc(N4CCCC4)ccc3C(F)(F)F)c(=O)c(C)c2C)c1. The quantitative estimate of drug-likeness (QED) is 0.513. The molecular formula is C25H26F3N3O3. The molecule has 0 bridgehead atoms. The van der Waals surface area contributed by atoms with Gasteiger partial charge in [0, 0.05) is 36.0 Å². The fourth-order valence-corrected chi connectivity index (χ4v) is 4.21. The molecule has 3 aromatic rings. The standard InChI is InChI=1S/C25H26F3N3O3/c1-15-16(2)24(32)31(29-23(15)17-11-19(33-3)14-20(12-17)34-4)22-13-18(30-9-5-6-10-30)7-8-21(22)25(26,27)28/h7-8,11-14H,5-6,9-10H2,1-4H3. The van der Waals surface area contributed by atoms with Crippen LogP contribution in [-0.4, -0.2) is 37.1 Å². The first-order chi connectivity index (χ1) is 16.1. The highest BCUT2D eigenvalue weighted by molar-refractivity contribution is 5.68. The second-order valence-electron chi connectivity index (χ2n) is 8.31. The van der Waals surface area contributed by atoms with Crippen LogP contribution < -0.4 is 19.9 Å². The smallest absolute Gasteiger partial charge is 0.418 e. The minimum atomic E-state index is -4.65. The van der Waals surface area contributed by atoms with Crippen LogP contribution in [0.2, 0.25) is 0 Å². The van der Waals surface area contributed by atoms with Crippen molar-refractivity contribution in [3.63, 3.8) is 0 Å². The molecule has 0 aliphatic carbocycles. The molecule has 9 heteroatoms. The fraction of sp³-hybridized carbons (Fsp3) is 0.360. The zero-order valence-electron chi connectivity index (χ0n) is 19.5. The van der Waals surface area contributed by atoms with Crippen molar-refractivity contribution in [2.75, 3.05) is 32.2 Å². The van der Waals surface area contributed by atoms with Crippen molar-refractivity contribution in [1.29, 1.82) is 0 Å². The monoisotopic (exact) mass is 473 g/mol. The zero-order valence-corrected chi connectivity index (χ0v) is 19.5. The normalized spacial score (nSPS) is 13.9. The van der Waals surface area contributed by atoms with E-state index in [4.69, 9.17) is 9.47 Å². The van der Waals surface area contributed by atoms with Crippen LogP contribution in [0.4, 0.5) is 18.9 Å². The Hall–Kier alpha value is -3.49. The summed E-state index contributed by atoms with van der Waals surface area (Å²) in [5.41, 5.74) is 0.650. The summed E-state index contributed by atoms with van der Waals surface area (Å²) in [6.07, 6.45) is -2.71. The molecule has 1 saturated heterocycles. The number of nitrogens with zero attached hydrogens (tertiary/aromatic N) is 3. The van der Waals surface area contributed by atoms with Crippen molar-refractivity contribution in [3.05, 3.63) is 63.4 Å². The van der Waals surface area contributed by atoms with Gasteiger partial charge in [0.2, 0.25) is 0 Å². The van der Waals surface area contributed by atoms with Crippen molar-refractivity contribution < 1.29 is 22.6 Å². The van der Waals surface area contributed by atoms with E-state index in [0.29, 0.717) is 39.6 Å². The Morgan fingerprint density at radius 2 is 1.53 bits per heavy atom. The van der Waals surface area contributed by atoms with Gasteiger partial charge in [0.1, 0.15) is 11.5 Å². The number of benzene rings is 2. The van der Waals surface area contributed by atoms with Crippen LogP contribution in [0.3, 0.4) is 0 Å². The first kappa shape index (κ1) is 23.7. The number of aromatic nitrogens is 2. The lowest BCUT2D eigenvalue weighted by Crippen LogP contribution is -2.28. The average Bonchev–Trinajstić information content (AvgIpc) is 3.36. The van der Waals surface area contributed by atoms with Gasteiger partial charge in [0.15, 0.2) is 0 Å². The van der Waals surface area contributed by atoms with Crippen LogP contribution in [0, 0.1) is 13.8 Å². The molecule has 6 nitrogen and oxygen atoms in total. The van der Waals surface area contributed by atoms with Gasteiger partial charge >= 0.3 is 6.18 Å². The highest BCUT2D eigenvalue weighted by atomic mass is 19.4. The summed E-state index contributed by atoms with van der Waals surface area (Å²) in [5.74, 6) is 0.996. The highest BCUT2D eigenvalue weighted by Gasteiger charge is 2.35. The van der Waals surface area contributed by atoms with Gasteiger partial charge in [-0.1, -0.05) is 0 Å². The van der Waals surface area contributed by atoms with E-state index in [9.17, 15) is 18.0 Å². The highest BCUT2D eigenvalue weighted by Crippen LogP contribution is 2.37. The van der Waals surface area contributed by atoms with Crippen LogP contribution in [0.5, 0.6) is 11.5 Å². The first-order valence-corrected chi connectivity index (χ1v) is 10.9. The summed E-state index contributed by atoms with van der Waals surface area (Å²) in [5, 5.41) is 4.44. The van der Waals surface area contributed by atoms with E-state index >= 15 is 0 Å². The molecule has 2 aromatic carbocycles. The molecule has 0 unspecified atom stereocenters. The van der Waals surface area contributed by atoms with Gasteiger partial charge in [0.05, 0.1) is 31.2 Å². The third-order valence-electron chi connectivity index (χ3n) is 6.24. The van der Waals surface area contributed by atoms with Crippen LogP contribution >= 0.6 is 0 Å². The largest absolute Gasteiger partial charge is 0.497 e. The lowest BCUT2D eigenvalue weighted by atomic mass is 10.0.